The minimum Gasteiger partial charge on any atom is -0.469 e. The third-order valence-corrected chi connectivity index (χ3v) is 5.61. The second-order valence-corrected chi connectivity index (χ2v) is 8.02. The topological polar surface area (TPSA) is 62.6 Å². The van der Waals surface area contributed by atoms with E-state index >= 15 is 0 Å². The zero-order valence-corrected chi connectivity index (χ0v) is 16.9. The van der Waals surface area contributed by atoms with E-state index in [-0.39, 0.29) is 18.2 Å². The van der Waals surface area contributed by atoms with Gasteiger partial charge in [0.2, 0.25) is 0 Å². The first-order valence-electron chi connectivity index (χ1n) is 9.17. The van der Waals surface area contributed by atoms with Crippen LogP contribution < -0.4 is 0 Å². The Hall–Kier alpha value is -2.12. The summed E-state index contributed by atoms with van der Waals surface area (Å²) in [5.41, 5.74) is 2.04. The molecule has 1 fully saturated rings. The molecule has 1 unspecified atom stereocenters. The minimum atomic E-state index is -0.552. The molecular weight excluding hydrogens is 343 g/mol. The maximum Gasteiger partial charge on any atom is 0.466 e. The molecule has 1 atom stereocenters. The van der Waals surface area contributed by atoms with Crippen molar-refractivity contribution in [1.29, 1.82) is 0 Å². The highest BCUT2D eigenvalue weighted by Gasteiger charge is 2.54. The molecule has 6 nitrogen and oxygen atoms in total. The number of benzene rings is 1. The fraction of sp³-hybridized carbons (Fsp3) is 0.500. The largest absolute Gasteiger partial charge is 0.469 e. The van der Waals surface area contributed by atoms with E-state index in [4.69, 9.17) is 14.0 Å². The number of aromatic nitrogens is 2. The van der Waals surface area contributed by atoms with Crippen LogP contribution in [0.2, 0.25) is 0 Å². The standard InChI is InChI=1S/C20H27BN2O4/c1-14-9-7-8-10-17(14)23-13-15(12-22-23)16(11-18(24)25-6)21-26-19(2,3)20(4,5)27-21/h7-10,12-13,16H,11H2,1-6H3. The molecule has 1 aliphatic heterocycles. The van der Waals surface area contributed by atoms with E-state index in [1.165, 1.54) is 7.11 Å². The number of rotatable bonds is 5. The number of carbonyl (C=O) groups excluding carboxylic acids is 1. The summed E-state index contributed by atoms with van der Waals surface area (Å²) in [6.07, 6.45) is 3.86. The van der Waals surface area contributed by atoms with Gasteiger partial charge in [0, 0.05) is 12.0 Å². The lowest BCUT2D eigenvalue weighted by Crippen LogP contribution is -2.41. The maximum absolute atomic E-state index is 12.0. The van der Waals surface area contributed by atoms with Crippen LogP contribution in [-0.2, 0) is 18.8 Å². The first kappa shape index (κ1) is 19.6. The zero-order chi connectivity index (χ0) is 19.8. The molecule has 0 aliphatic carbocycles. The molecule has 0 amide bonds. The summed E-state index contributed by atoms with van der Waals surface area (Å²) in [5.74, 6) is -0.616. The Kier molecular flexibility index (Phi) is 5.19. The van der Waals surface area contributed by atoms with Gasteiger partial charge in [0.05, 0.1) is 36.6 Å². The Balaban J connectivity index is 1.93. The monoisotopic (exact) mass is 370 g/mol. The summed E-state index contributed by atoms with van der Waals surface area (Å²) in [7, 11) is 0.837. The van der Waals surface area contributed by atoms with E-state index in [1.807, 2.05) is 69.8 Å². The van der Waals surface area contributed by atoms with Crippen LogP contribution in [0.3, 0.4) is 0 Å². The molecule has 0 spiro atoms. The average molecular weight is 370 g/mol. The predicted molar refractivity (Wildman–Crippen MR) is 104 cm³/mol. The van der Waals surface area contributed by atoms with Crippen molar-refractivity contribution in [2.45, 2.75) is 58.1 Å². The molecule has 1 aromatic heterocycles. The second kappa shape index (κ2) is 7.13. The molecule has 2 aromatic rings. The Morgan fingerprint density at radius 1 is 1.22 bits per heavy atom. The van der Waals surface area contributed by atoms with Crippen LogP contribution in [0, 0.1) is 6.92 Å². The van der Waals surface area contributed by atoms with Gasteiger partial charge in [-0.05, 0) is 51.8 Å². The third-order valence-electron chi connectivity index (χ3n) is 5.61. The van der Waals surface area contributed by atoms with Gasteiger partial charge < -0.3 is 14.0 Å². The van der Waals surface area contributed by atoms with Gasteiger partial charge in [0.25, 0.3) is 0 Å². The number of aryl methyl sites for hydroxylation is 1. The van der Waals surface area contributed by atoms with Crippen molar-refractivity contribution < 1.29 is 18.8 Å². The van der Waals surface area contributed by atoms with Gasteiger partial charge in [-0.25, -0.2) is 4.68 Å². The van der Waals surface area contributed by atoms with Gasteiger partial charge in [0.1, 0.15) is 0 Å². The predicted octanol–water partition coefficient (Wildman–Crippen LogP) is 3.46. The summed E-state index contributed by atoms with van der Waals surface area (Å²) in [4.78, 5) is 12.0. The van der Waals surface area contributed by atoms with Crippen molar-refractivity contribution in [3.05, 3.63) is 47.8 Å². The summed E-state index contributed by atoms with van der Waals surface area (Å²) in [5, 5.41) is 4.50. The van der Waals surface area contributed by atoms with Crippen molar-refractivity contribution >= 4 is 13.1 Å². The zero-order valence-electron chi connectivity index (χ0n) is 16.9. The van der Waals surface area contributed by atoms with Crippen LogP contribution in [0.4, 0.5) is 0 Å². The first-order valence-corrected chi connectivity index (χ1v) is 9.17. The van der Waals surface area contributed by atoms with Crippen LogP contribution in [0.25, 0.3) is 5.69 Å². The van der Waals surface area contributed by atoms with E-state index in [9.17, 15) is 4.79 Å². The van der Waals surface area contributed by atoms with E-state index in [0.29, 0.717) is 0 Å². The molecule has 0 N–H and O–H groups in total. The molecular formula is C20H27BN2O4. The molecule has 0 bridgehead atoms. The van der Waals surface area contributed by atoms with Crippen molar-refractivity contribution in [2.24, 2.45) is 0 Å². The lowest BCUT2D eigenvalue weighted by atomic mass is 9.67. The Bertz CT molecular complexity index is 815. The molecule has 1 saturated heterocycles. The van der Waals surface area contributed by atoms with Gasteiger partial charge in [-0.15, -0.1) is 0 Å². The van der Waals surface area contributed by atoms with Crippen LogP contribution >= 0.6 is 0 Å². The van der Waals surface area contributed by atoms with Gasteiger partial charge in [-0.2, -0.15) is 5.10 Å². The molecule has 1 aliphatic rings. The first-order chi connectivity index (χ1) is 12.6. The van der Waals surface area contributed by atoms with Crippen LogP contribution in [0.5, 0.6) is 0 Å². The summed E-state index contributed by atoms with van der Waals surface area (Å²) >= 11 is 0. The molecule has 144 valence electrons. The van der Waals surface area contributed by atoms with Crippen molar-refractivity contribution in [3.63, 3.8) is 0 Å². The smallest absolute Gasteiger partial charge is 0.466 e. The van der Waals surface area contributed by atoms with Crippen LogP contribution in [0.1, 0.15) is 51.1 Å². The normalized spacial score (nSPS) is 19.1. The molecule has 0 radical (unpaired) electrons. The van der Waals surface area contributed by atoms with E-state index in [1.54, 1.807) is 6.20 Å². The Morgan fingerprint density at radius 2 is 1.85 bits per heavy atom. The van der Waals surface area contributed by atoms with Crippen molar-refractivity contribution in [3.8, 4) is 5.69 Å². The minimum absolute atomic E-state index is 0.160. The number of hydrogen-bond acceptors (Lipinski definition) is 5. The molecule has 7 heteroatoms. The fourth-order valence-electron chi connectivity index (χ4n) is 3.17. The van der Waals surface area contributed by atoms with Gasteiger partial charge in [-0.1, -0.05) is 18.2 Å². The summed E-state index contributed by atoms with van der Waals surface area (Å²) in [6, 6.07) is 8.02. The number of esters is 1. The quantitative estimate of drug-likeness (QED) is 0.596. The lowest BCUT2D eigenvalue weighted by molar-refractivity contribution is -0.140. The number of para-hydroxylation sites is 1. The van der Waals surface area contributed by atoms with Crippen LogP contribution in [-0.4, -0.2) is 41.2 Å². The SMILES string of the molecule is COC(=O)CC(B1OC(C)(C)C(C)(C)O1)c1cnn(-c2ccccc2C)c1. The van der Waals surface area contributed by atoms with Crippen LogP contribution in [0.15, 0.2) is 36.7 Å². The molecule has 27 heavy (non-hydrogen) atoms. The molecule has 0 saturated carbocycles. The highest BCUT2D eigenvalue weighted by atomic mass is 16.7. The Morgan fingerprint density at radius 3 is 2.44 bits per heavy atom. The summed E-state index contributed by atoms with van der Waals surface area (Å²) in [6.45, 7) is 10.0. The number of hydrogen-bond donors (Lipinski definition) is 0. The van der Waals surface area contributed by atoms with E-state index in [2.05, 4.69) is 5.10 Å². The number of nitrogens with zero attached hydrogens (tertiary/aromatic N) is 2. The second-order valence-electron chi connectivity index (χ2n) is 8.02. The number of carbonyl (C=O) groups is 1. The summed E-state index contributed by atoms with van der Waals surface area (Å²) < 4.78 is 19.1. The average Bonchev–Trinajstić information content (AvgIpc) is 3.15. The number of ether oxygens (including phenoxy) is 1. The maximum atomic E-state index is 12.0. The highest BCUT2D eigenvalue weighted by molar-refractivity contribution is 6.48. The molecule has 2 heterocycles. The van der Waals surface area contributed by atoms with Gasteiger partial charge in [-0.3, -0.25) is 4.79 Å². The van der Waals surface area contributed by atoms with E-state index in [0.717, 1.165) is 16.8 Å². The van der Waals surface area contributed by atoms with Crippen molar-refractivity contribution in [1.82, 2.24) is 9.78 Å². The number of methoxy groups -OCH3 is 1. The van der Waals surface area contributed by atoms with E-state index < -0.39 is 18.3 Å². The Labute approximate surface area is 160 Å². The lowest BCUT2D eigenvalue weighted by Gasteiger charge is -2.32. The van der Waals surface area contributed by atoms with Gasteiger partial charge in [0.15, 0.2) is 0 Å². The fourth-order valence-corrected chi connectivity index (χ4v) is 3.17. The third kappa shape index (κ3) is 3.80. The molecule has 3 rings (SSSR count). The van der Waals surface area contributed by atoms with Crippen molar-refractivity contribution in [2.75, 3.05) is 7.11 Å². The molecule has 1 aromatic carbocycles. The highest BCUT2D eigenvalue weighted by Crippen LogP contribution is 2.41. The van der Waals surface area contributed by atoms with Gasteiger partial charge >= 0.3 is 13.1 Å².